The summed E-state index contributed by atoms with van der Waals surface area (Å²) in [6, 6.07) is 0. The minimum Gasteiger partial charge on any atom is -0.391 e. The number of thiazole rings is 1. The van der Waals surface area contributed by atoms with Crippen molar-refractivity contribution in [3.8, 4) is 5.13 Å². The second-order valence-corrected chi connectivity index (χ2v) is 5.20. The Balaban J connectivity index is 2.52. The zero-order valence-corrected chi connectivity index (χ0v) is 11.6. The summed E-state index contributed by atoms with van der Waals surface area (Å²) in [6.07, 6.45) is 0.948. The lowest BCUT2D eigenvalue weighted by atomic mass is 10.1. The van der Waals surface area contributed by atoms with Crippen LogP contribution in [-0.4, -0.2) is 19.9 Å². The van der Waals surface area contributed by atoms with Crippen molar-refractivity contribution in [2.24, 2.45) is 0 Å². The van der Waals surface area contributed by atoms with E-state index in [1.807, 2.05) is 13.8 Å². The van der Waals surface area contributed by atoms with Gasteiger partial charge < -0.3 is 5.11 Å². The number of hydrogen-bond donors (Lipinski definition) is 1. The number of halogens is 1. The van der Waals surface area contributed by atoms with E-state index in [-0.39, 0.29) is 6.61 Å². The van der Waals surface area contributed by atoms with Crippen molar-refractivity contribution in [3.63, 3.8) is 0 Å². The molecule has 0 aromatic carbocycles. The number of aryl methyl sites for hydroxylation is 1. The monoisotopic (exact) mass is 271 g/mol. The van der Waals surface area contributed by atoms with Gasteiger partial charge in [0.05, 0.1) is 17.2 Å². The first-order valence-corrected chi connectivity index (χ1v) is 6.59. The second kappa shape index (κ2) is 4.76. The summed E-state index contributed by atoms with van der Waals surface area (Å²) in [6.45, 7) is 6.03. The molecule has 0 saturated carbocycles. The van der Waals surface area contributed by atoms with E-state index >= 15 is 0 Å². The lowest BCUT2D eigenvalue weighted by Gasteiger charge is -1.99. The average molecular weight is 272 g/mol. The fourth-order valence-corrected chi connectivity index (χ4v) is 3.00. The minimum absolute atomic E-state index is 0.0869. The molecule has 0 amide bonds. The summed E-state index contributed by atoms with van der Waals surface area (Å²) in [7, 11) is 0. The fourth-order valence-electron chi connectivity index (χ4n) is 1.88. The Labute approximate surface area is 109 Å². The standard InChI is InChI=1S/C11H14ClN3OS/c1-4-8-6(2)14-15(7(8)3)11-13-10(12)9(5-16)17-11/h16H,4-5H2,1-3H3. The third-order valence-electron chi connectivity index (χ3n) is 2.76. The van der Waals surface area contributed by atoms with Crippen LogP contribution in [0, 0.1) is 13.8 Å². The third kappa shape index (κ3) is 2.10. The number of rotatable bonds is 3. The molecule has 4 nitrogen and oxygen atoms in total. The first-order valence-electron chi connectivity index (χ1n) is 5.40. The van der Waals surface area contributed by atoms with E-state index in [1.54, 1.807) is 4.68 Å². The van der Waals surface area contributed by atoms with Crippen molar-refractivity contribution in [3.05, 3.63) is 27.0 Å². The Kier molecular flexibility index (Phi) is 3.51. The Hall–Kier alpha value is -0.910. The van der Waals surface area contributed by atoms with Gasteiger partial charge in [-0.3, -0.25) is 0 Å². The zero-order valence-electron chi connectivity index (χ0n) is 9.99. The van der Waals surface area contributed by atoms with Crippen LogP contribution in [0.15, 0.2) is 0 Å². The van der Waals surface area contributed by atoms with Crippen LogP contribution in [0.25, 0.3) is 5.13 Å². The smallest absolute Gasteiger partial charge is 0.212 e. The quantitative estimate of drug-likeness (QED) is 0.934. The number of aliphatic hydroxyl groups excluding tert-OH is 1. The molecular formula is C11H14ClN3OS. The van der Waals surface area contributed by atoms with Gasteiger partial charge in [0.1, 0.15) is 5.15 Å². The van der Waals surface area contributed by atoms with Gasteiger partial charge in [-0.15, -0.1) is 0 Å². The van der Waals surface area contributed by atoms with Crippen molar-refractivity contribution in [1.29, 1.82) is 0 Å². The predicted octanol–water partition coefficient (Wildman–Crippen LogP) is 2.65. The predicted molar refractivity (Wildman–Crippen MR) is 69.0 cm³/mol. The van der Waals surface area contributed by atoms with Crippen LogP contribution in [0.4, 0.5) is 0 Å². The average Bonchev–Trinajstić information content (AvgIpc) is 2.79. The summed E-state index contributed by atoms with van der Waals surface area (Å²) in [5.74, 6) is 0. The molecule has 2 rings (SSSR count). The molecule has 0 aliphatic carbocycles. The van der Waals surface area contributed by atoms with Gasteiger partial charge in [-0.1, -0.05) is 29.9 Å². The molecule has 0 atom stereocenters. The maximum Gasteiger partial charge on any atom is 0.212 e. The van der Waals surface area contributed by atoms with E-state index in [0.29, 0.717) is 15.2 Å². The highest BCUT2D eigenvalue weighted by molar-refractivity contribution is 7.14. The van der Waals surface area contributed by atoms with Gasteiger partial charge in [-0.2, -0.15) is 5.10 Å². The van der Waals surface area contributed by atoms with E-state index in [1.165, 1.54) is 16.9 Å². The molecule has 0 fully saturated rings. The van der Waals surface area contributed by atoms with Gasteiger partial charge in [0.15, 0.2) is 0 Å². The Bertz CT molecular complexity index is 547. The van der Waals surface area contributed by atoms with Crippen LogP contribution >= 0.6 is 22.9 Å². The third-order valence-corrected chi connectivity index (χ3v) is 4.20. The lowest BCUT2D eigenvalue weighted by molar-refractivity contribution is 0.285. The summed E-state index contributed by atoms with van der Waals surface area (Å²) >= 11 is 7.29. The highest BCUT2D eigenvalue weighted by Gasteiger charge is 2.16. The van der Waals surface area contributed by atoms with Crippen LogP contribution < -0.4 is 0 Å². The molecular weight excluding hydrogens is 258 g/mol. The molecule has 6 heteroatoms. The molecule has 2 heterocycles. The molecule has 92 valence electrons. The lowest BCUT2D eigenvalue weighted by Crippen LogP contribution is -1.98. The number of nitrogens with zero attached hydrogens (tertiary/aromatic N) is 3. The van der Waals surface area contributed by atoms with Crippen LogP contribution in [-0.2, 0) is 13.0 Å². The first kappa shape index (κ1) is 12.5. The molecule has 0 radical (unpaired) electrons. The van der Waals surface area contributed by atoms with Crippen LogP contribution in [0.2, 0.25) is 5.15 Å². The molecule has 0 saturated heterocycles. The number of hydrogen-bond acceptors (Lipinski definition) is 4. The van der Waals surface area contributed by atoms with Crippen LogP contribution in [0.3, 0.4) is 0 Å². The summed E-state index contributed by atoms with van der Waals surface area (Å²) in [5, 5.41) is 14.6. The normalized spacial score (nSPS) is 11.1. The van der Waals surface area contributed by atoms with Gasteiger partial charge in [0, 0.05) is 5.69 Å². The van der Waals surface area contributed by atoms with Gasteiger partial charge in [-0.25, -0.2) is 9.67 Å². The number of aliphatic hydroxyl groups is 1. The van der Waals surface area contributed by atoms with Crippen molar-refractivity contribution in [2.45, 2.75) is 33.8 Å². The van der Waals surface area contributed by atoms with Crippen molar-refractivity contribution >= 4 is 22.9 Å². The summed E-state index contributed by atoms with van der Waals surface area (Å²) in [4.78, 5) is 4.90. The van der Waals surface area contributed by atoms with E-state index in [4.69, 9.17) is 16.7 Å². The molecule has 1 N–H and O–H groups in total. The highest BCUT2D eigenvalue weighted by Crippen LogP contribution is 2.27. The first-order chi connectivity index (χ1) is 8.08. The van der Waals surface area contributed by atoms with Gasteiger partial charge in [0.2, 0.25) is 5.13 Å². The van der Waals surface area contributed by atoms with Gasteiger partial charge >= 0.3 is 0 Å². The Morgan fingerprint density at radius 2 is 2.12 bits per heavy atom. The maximum absolute atomic E-state index is 9.11. The van der Waals surface area contributed by atoms with Crippen molar-refractivity contribution in [1.82, 2.24) is 14.8 Å². The Morgan fingerprint density at radius 1 is 1.41 bits per heavy atom. The van der Waals surface area contributed by atoms with E-state index in [9.17, 15) is 0 Å². The number of aromatic nitrogens is 3. The van der Waals surface area contributed by atoms with Crippen LogP contribution in [0.1, 0.15) is 28.8 Å². The van der Waals surface area contributed by atoms with E-state index < -0.39 is 0 Å². The fraction of sp³-hybridized carbons (Fsp3) is 0.455. The molecule has 0 unspecified atom stereocenters. The topological polar surface area (TPSA) is 50.9 Å². The molecule has 0 spiro atoms. The van der Waals surface area contributed by atoms with E-state index in [0.717, 1.165) is 17.8 Å². The van der Waals surface area contributed by atoms with Crippen LogP contribution in [0.5, 0.6) is 0 Å². The molecule has 17 heavy (non-hydrogen) atoms. The second-order valence-electron chi connectivity index (χ2n) is 3.78. The molecule has 0 bridgehead atoms. The zero-order chi connectivity index (χ0) is 12.6. The van der Waals surface area contributed by atoms with E-state index in [2.05, 4.69) is 17.0 Å². The summed E-state index contributed by atoms with van der Waals surface area (Å²) in [5.41, 5.74) is 3.34. The highest BCUT2D eigenvalue weighted by atomic mass is 35.5. The SMILES string of the molecule is CCc1c(C)nn(-c2nc(Cl)c(CO)s2)c1C. The van der Waals surface area contributed by atoms with Crippen molar-refractivity contribution < 1.29 is 5.11 Å². The molecule has 2 aromatic heterocycles. The maximum atomic E-state index is 9.11. The Morgan fingerprint density at radius 3 is 2.59 bits per heavy atom. The molecule has 0 aliphatic heterocycles. The minimum atomic E-state index is -0.0869. The van der Waals surface area contributed by atoms with Gasteiger partial charge in [0.25, 0.3) is 0 Å². The van der Waals surface area contributed by atoms with Crippen molar-refractivity contribution in [2.75, 3.05) is 0 Å². The molecule has 0 aliphatic rings. The largest absolute Gasteiger partial charge is 0.391 e. The van der Waals surface area contributed by atoms with Gasteiger partial charge in [-0.05, 0) is 25.8 Å². The molecule has 2 aromatic rings. The summed E-state index contributed by atoms with van der Waals surface area (Å²) < 4.78 is 1.80.